The molecule has 0 aliphatic carbocycles. The van der Waals surface area contributed by atoms with Gasteiger partial charge in [-0.25, -0.2) is 0 Å². The quantitative estimate of drug-likeness (QED) is 0.519. The summed E-state index contributed by atoms with van der Waals surface area (Å²) in [6.07, 6.45) is -6.13. The number of aliphatic hydroxyl groups is 1. The molecule has 24 heavy (non-hydrogen) atoms. The van der Waals surface area contributed by atoms with Crippen LogP contribution in [0.1, 0.15) is 34.6 Å². The molecule has 0 unspecified atom stereocenters. The Labute approximate surface area is 140 Å². The van der Waals surface area contributed by atoms with Gasteiger partial charge >= 0.3 is 17.9 Å². The van der Waals surface area contributed by atoms with Crippen molar-refractivity contribution in [2.24, 2.45) is 0 Å². The van der Waals surface area contributed by atoms with E-state index in [9.17, 15) is 19.5 Å². The zero-order valence-electron chi connectivity index (χ0n) is 14.4. The van der Waals surface area contributed by atoms with Gasteiger partial charge < -0.3 is 28.8 Å². The number of carbonyl (C=O) groups is 3. The summed E-state index contributed by atoms with van der Waals surface area (Å²) in [4.78, 5) is 33.8. The predicted molar refractivity (Wildman–Crippen MR) is 78.6 cm³/mol. The van der Waals surface area contributed by atoms with Gasteiger partial charge in [0.05, 0.1) is 6.10 Å². The van der Waals surface area contributed by atoms with E-state index in [1.807, 2.05) is 0 Å². The van der Waals surface area contributed by atoms with Gasteiger partial charge in [-0.3, -0.25) is 14.4 Å². The molecule has 1 rings (SSSR count). The first-order valence-electron chi connectivity index (χ1n) is 7.58. The second-order valence-corrected chi connectivity index (χ2v) is 5.67. The highest BCUT2D eigenvalue weighted by atomic mass is 16.7. The Morgan fingerprint density at radius 2 is 1.54 bits per heavy atom. The van der Waals surface area contributed by atoms with Crippen LogP contribution in [0.4, 0.5) is 0 Å². The molecule has 1 N–H and O–H groups in total. The van der Waals surface area contributed by atoms with E-state index < -0.39 is 48.6 Å². The average molecular weight is 348 g/mol. The summed E-state index contributed by atoms with van der Waals surface area (Å²) in [6, 6.07) is 0. The highest BCUT2D eigenvalue weighted by Crippen LogP contribution is 2.28. The molecule has 0 aromatic heterocycles. The molecular formula is C15H24O9. The minimum absolute atomic E-state index is 0.254. The summed E-state index contributed by atoms with van der Waals surface area (Å²) in [5.74, 6) is -1.90. The van der Waals surface area contributed by atoms with Crippen LogP contribution >= 0.6 is 0 Å². The van der Waals surface area contributed by atoms with Crippen LogP contribution in [0.2, 0.25) is 0 Å². The van der Waals surface area contributed by atoms with Crippen LogP contribution in [-0.2, 0) is 38.1 Å². The van der Waals surface area contributed by atoms with Crippen LogP contribution in [0.25, 0.3) is 0 Å². The zero-order valence-corrected chi connectivity index (χ0v) is 14.4. The molecular weight excluding hydrogens is 324 g/mol. The molecule has 1 heterocycles. The average Bonchev–Trinajstić information content (AvgIpc) is 2.42. The molecule has 0 amide bonds. The van der Waals surface area contributed by atoms with Crippen molar-refractivity contribution in [3.05, 3.63) is 0 Å². The summed E-state index contributed by atoms with van der Waals surface area (Å²) < 4.78 is 26.2. The number of aliphatic hydroxyl groups excluding tert-OH is 1. The van der Waals surface area contributed by atoms with E-state index >= 15 is 0 Å². The van der Waals surface area contributed by atoms with Gasteiger partial charge in [0, 0.05) is 20.8 Å². The van der Waals surface area contributed by atoms with Crippen molar-refractivity contribution in [1.82, 2.24) is 0 Å². The third-order valence-electron chi connectivity index (χ3n) is 3.08. The maximum absolute atomic E-state index is 11.4. The van der Waals surface area contributed by atoms with Crippen LogP contribution in [0.5, 0.6) is 0 Å². The van der Waals surface area contributed by atoms with E-state index in [-0.39, 0.29) is 12.7 Å². The third-order valence-corrected chi connectivity index (χ3v) is 3.08. The summed E-state index contributed by atoms with van der Waals surface area (Å²) in [6.45, 7) is 6.75. The minimum Gasteiger partial charge on any atom is -0.463 e. The monoisotopic (exact) mass is 348 g/mol. The first kappa shape index (κ1) is 20.3. The van der Waals surface area contributed by atoms with E-state index in [1.54, 1.807) is 13.8 Å². The Hall–Kier alpha value is -1.71. The van der Waals surface area contributed by atoms with Crippen LogP contribution in [0.3, 0.4) is 0 Å². The zero-order chi connectivity index (χ0) is 18.4. The van der Waals surface area contributed by atoms with Gasteiger partial charge in [-0.05, 0) is 13.8 Å². The van der Waals surface area contributed by atoms with Gasteiger partial charge in [0.25, 0.3) is 0 Å². The van der Waals surface area contributed by atoms with Crippen LogP contribution in [0, 0.1) is 0 Å². The maximum atomic E-state index is 11.4. The van der Waals surface area contributed by atoms with Crippen molar-refractivity contribution in [2.45, 2.75) is 71.4 Å². The molecule has 1 aliphatic heterocycles. The van der Waals surface area contributed by atoms with Crippen molar-refractivity contribution < 1.29 is 43.2 Å². The van der Waals surface area contributed by atoms with Crippen molar-refractivity contribution in [3.8, 4) is 0 Å². The Balaban J connectivity index is 3.06. The van der Waals surface area contributed by atoms with E-state index in [0.717, 1.165) is 13.8 Å². The highest BCUT2D eigenvalue weighted by molar-refractivity contribution is 5.67. The molecule has 138 valence electrons. The first-order valence-corrected chi connectivity index (χ1v) is 7.58. The summed E-state index contributed by atoms with van der Waals surface area (Å²) >= 11 is 0. The summed E-state index contributed by atoms with van der Waals surface area (Å²) in [5, 5.41) is 10.4. The van der Waals surface area contributed by atoms with E-state index in [1.165, 1.54) is 6.92 Å². The Morgan fingerprint density at radius 3 is 2.00 bits per heavy atom. The van der Waals surface area contributed by atoms with Crippen molar-refractivity contribution in [1.29, 1.82) is 0 Å². The predicted octanol–water partition coefficient (Wildman–Crippen LogP) is -0.0763. The molecule has 5 atom stereocenters. The molecule has 0 bridgehead atoms. The van der Waals surface area contributed by atoms with Crippen molar-refractivity contribution in [3.63, 3.8) is 0 Å². The highest BCUT2D eigenvalue weighted by Gasteiger charge is 2.50. The maximum Gasteiger partial charge on any atom is 0.303 e. The lowest BCUT2D eigenvalue weighted by atomic mass is 9.98. The number of rotatable bonds is 6. The molecule has 0 radical (unpaired) electrons. The number of esters is 3. The van der Waals surface area contributed by atoms with Gasteiger partial charge in [-0.15, -0.1) is 0 Å². The number of carbonyl (C=O) groups excluding carboxylic acids is 3. The van der Waals surface area contributed by atoms with E-state index in [2.05, 4.69) is 0 Å². The first-order chi connectivity index (χ1) is 11.1. The fraction of sp³-hybridized carbons (Fsp3) is 0.800. The number of hydrogen-bond acceptors (Lipinski definition) is 9. The van der Waals surface area contributed by atoms with Crippen LogP contribution in [-0.4, -0.2) is 66.4 Å². The lowest BCUT2D eigenvalue weighted by Crippen LogP contribution is -2.62. The fourth-order valence-corrected chi connectivity index (χ4v) is 2.27. The minimum atomic E-state index is -1.38. The summed E-state index contributed by atoms with van der Waals surface area (Å²) in [5.41, 5.74) is 0. The molecule has 9 heteroatoms. The molecule has 0 aromatic carbocycles. The van der Waals surface area contributed by atoms with E-state index in [0.29, 0.717) is 0 Å². The van der Waals surface area contributed by atoms with Gasteiger partial charge in [0.15, 0.2) is 18.5 Å². The Bertz CT molecular complexity index is 462. The molecule has 1 aliphatic rings. The Kier molecular flexibility index (Phi) is 7.59. The van der Waals surface area contributed by atoms with Crippen LogP contribution < -0.4 is 0 Å². The van der Waals surface area contributed by atoms with Gasteiger partial charge in [-0.2, -0.15) is 0 Å². The van der Waals surface area contributed by atoms with Crippen LogP contribution in [0.15, 0.2) is 0 Å². The second-order valence-electron chi connectivity index (χ2n) is 5.67. The SMILES string of the molecule is CC(=O)OC[C@H]1O[C@H](OC(C)C)[C@H](O)[C@@H](OC(C)=O)[C@@H]1OC(C)=O. The fourth-order valence-electron chi connectivity index (χ4n) is 2.27. The lowest BCUT2D eigenvalue weighted by molar-refractivity contribution is -0.312. The largest absolute Gasteiger partial charge is 0.463 e. The molecule has 9 nitrogen and oxygen atoms in total. The standard InChI is InChI=1S/C15H24O9/c1-7(2)21-15-12(19)14(23-10(5)18)13(22-9(4)17)11(24-15)6-20-8(3)16/h7,11-15,19H,6H2,1-5H3/t11-,12-,13-,14-,15+/m1/s1. The van der Waals surface area contributed by atoms with Crippen molar-refractivity contribution >= 4 is 17.9 Å². The molecule has 1 saturated heterocycles. The second kappa shape index (κ2) is 8.95. The molecule has 0 spiro atoms. The number of ether oxygens (including phenoxy) is 5. The van der Waals surface area contributed by atoms with Gasteiger partial charge in [0.1, 0.15) is 18.8 Å². The third kappa shape index (κ3) is 6.06. The molecule has 0 aromatic rings. The Morgan fingerprint density at radius 1 is 1.00 bits per heavy atom. The lowest BCUT2D eigenvalue weighted by Gasteiger charge is -2.43. The topological polar surface area (TPSA) is 118 Å². The number of hydrogen-bond donors (Lipinski definition) is 1. The smallest absolute Gasteiger partial charge is 0.303 e. The van der Waals surface area contributed by atoms with Gasteiger partial charge in [-0.1, -0.05) is 0 Å². The van der Waals surface area contributed by atoms with Gasteiger partial charge in [0.2, 0.25) is 0 Å². The van der Waals surface area contributed by atoms with Crippen molar-refractivity contribution in [2.75, 3.05) is 6.61 Å². The van der Waals surface area contributed by atoms with E-state index in [4.69, 9.17) is 23.7 Å². The molecule has 0 saturated carbocycles. The normalized spacial score (nSPS) is 29.9. The molecule has 1 fully saturated rings. The summed E-state index contributed by atoms with van der Waals surface area (Å²) in [7, 11) is 0.